The number of carbonyl (C=O) groups excluding carboxylic acids is 2. The van der Waals surface area contributed by atoms with Crippen LogP contribution in [0.15, 0.2) is 54.6 Å². The third-order valence-electron chi connectivity index (χ3n) is 4.85. The van der Waals surface area contributed by atoms with Crippen molar-refractivity contribution in [2.45, 2.75) is 32.4 Å². The minimum atomic E-state index is -0.526. The molecule has 0 spiro atoms. The van der Waals surface area contributed by atoms with Crippen LogP contribution < -0.4 is 0 Å². The van der Waals surface area contributed by atoms with Crippen LogP contribution >= 0.6 is 0 Å². The first-order valence-corrected chi connectivity index (χ1v) is 8.97. The van der Waals surface area contributed by atoms with Gasteiger partial charge in [-0.3, -0.25) is 9.59 Å². The second-order valence-electron chi connectivity index (χ2n) is 6.55. The molecule has 0 N–H and O–H groups in total. The van der Waals surface area contributed by atoms with Crippen LogP contribution in [-0.4, -0.2) is 40.7 Å². The van der Waals surface area contributed by atoms with Crippen LogP contribution in [0.25, 0.3) is 0 Å². The molecule has 1 aliphatic heterocycles. The highest BCUT2D eigenvalue weighted by molar-refractivity contribution is 5.95. The Morgan fingerprint density at radius 2 is 1.81 bits per heavy atom. The lowest BCUT2D eigenvalue weighted by Gasteiger charge is -2.31. The molecule has 0 saturated carbocycles. The zero-order valence-electron chi connectivity index (χ0n) is 14.9. The van der Waals surface area contributed by atoms with Crippen LogP contribution in [0.5, 0.6) is 0 Å². The summed E-state index contributed by atoms with van der Waals surface area (Å²) >= 11 is 0. The first kappa shape index (κ1) is 18.1. The van der Waals surface area contributed by atoms with Crippen LogP contribution in [0.3, 0.4) is 0 Å². The number of hydrogen-bond donors (Lipinski definition) is 0. The number of benzene rings is 2. The van der Waals surface area contributed by atoms with E-state index in [1.807, 2.05) is 42.2 Å². The van der Waals surface area contributed by atoms with Crippen molar-refractivity contribution in [1.82, 2.24) is 9.80 Å². The summed E-state index contributed by atoms with van der Waals surface area (Å²) in [6.45, 7) is 3.27. The van der Waals surface area contributed by atoms with Crippen molar-refractivity contribution < 1.29 is 14.0 Å². The molecule has 1 saturated heterocycles. The highest BCUT2D eigenvalue weighted by Gasteiger charge is 2.31. The Kier molecular flexibility index (Phi) is 5.66. The van der Waals surface area contributed by atoms with Gasteiger partial charge in [0.15, 0.2) is 0 Å². The third-order valence-corrected chi connectivity index (χ3v) is 4.85. The SMILES string of the molecule is CC[C@@H]1CN(C(=O)c2ccccc2F)CCC(=O)N1Cc1ccccc1. The summed E-state index contributed by atoms with van der Waals surface area (Å²) in [5, 5.41) is 0. The third kappa shape index (κ3) is 3.93. The van der Waals surface area contributed by atoms with Crippen molar-refractivity contribution in [2.24, 2.45) is 0 Å². The van der Waals surface area contributed by atoms with Crippen molar-refractivity contribution in [3.63, 3.8) is 0 Å². The van der Waals surface area contributed by atoms with Gasteiger partial charge in [0.2, 0.25) is 5.91 Å². The first-order chi connectivity index (χ1) is 12.6. The molecule has 3 rings (SSSR count). The maximum Gasteiger partial charge on any atom is 0.256 e. The minimum absolute atomic E-state index is 0.0320. The van der Waals surface area contributed by atoms with Gasteiger partial charge in [-0.2, -0.15) is 0 Å². The molecular weight excluding hydrogens is 331 g/mol. The number of amides is 2. The topological polar surface area (TPSA) is 40.6 Å². The van der Waals surface area contributed by atoms with Crippen molar-refractivity contribution in [2.75, 3.05) is 13.1 Å². The molecule has 0 aliphatic carbocycles. The van der Waals surface area contributed by atoms with Gasteiger partial charge in [0.1, 0.15) is 5.82 Å². The van der Waals surface area contributed by atoms with Crippen molar-refractivity contribution in [1.29, 1.82) is 0 Å². The monoisotopic (exact) mass is 354 g/mol. The fraction of sp³-hybridized carbons (Fsp3) is 0.333. The number of rotatable bonds is 4. The highest BCUT2D eigenvalue weighted by Crippen LogP contribution is 2.20. The number of carbonyl (C=O) groups is 2. The van der Waals surface area contributed by atoms with Gasteiger partial charge in [-0.05, 0) is 24.1 Å². The lowest BCUT2D eigenvalue weighted by Crippen LogP contribution is -2.43. The Morgan fingerprint density at radius 1 is 1.12 bits per heavy atom. The zero-order valence-corrected chi connectivity index (χ0v) is 14.9. The Labute approximate surface area is 153 Å². The van der Waals surface area contributed by atoms with E-state index in [2.05, 4.69) is 0 Å². The summed E-state index contributed by atoms with van der Waals surface area (Å²) in [6, 6.07) is 15.7. The minimum Gasteiger partial charge on any atom is -0.336 e. The van der Waals surface area contributed by atoms with E-state index >= 15 is 0 Å². The fourth-order valence-corrected chi connectivity index (χ4v) is 3.36. The number of nitrogens with zero attached hydrogens (tertiary/aromatic N) is 2. The molecule has 1 atom stereocenters. The van der Waals surface area contributed by atoms with Gasteiger partial charge in [-0.25, -0.2) is 4.39 Å². The van der Waals surface area contributed by atoms with Crippen LogP contribution in [0, 0.1) is 5.82 Å². The Morgan fingerprint density at radius 3 is 2.50 bits per heavy atom. The van der Waals surface area contributed by atoms with E-state index in [4.69, 9.17) is 0 Å². The predicted molar refractivity (Wildman–Crippen MR) is 98.0 cm³/mol. The molecular formula is C21H23FN2O2. The highest BCUT2D eigenvalue weighted by atomic mass is 19.1. The molecule has 4 nitrogen and oxygen atoms in total. The van der Waals surface area contributed by atoms with Gasteiger partial charge in [-0.15, -0.1) is 0 Å². The average Bonchev–Trinajstić information content (AvgIpc) is 2.82. The second-order valence-corrected chi connectivity index (χ2v) is 6.55. The summed E-state index contributed by atoms with van der Waals surface area (Å²) in [4.78, 5) is 28.9. The van der Waals surface area contributed by atoms with Crippen LogP contribution in [-0.2, 0) is 11.3 Å². The maximum absolute atomic E-state index is 14.0. The molecule has 0 bridgehead atoms. The molecule has 5 heteroatoms. The molecule has 2 amide bonds. The van der Waals surface area contributed by atoms with E-state index in [0.717, 1.165) is 12.0 Å². The second kappa shape index (κ2) is 8.13. The molecule has 136 valence electrons. The first-order valence-electron chi connectivity index (χ1n) is 8.97. The molecule has 2 aromatic carbocycles. The molecule has 1 heterocycles. The lowest BCUT2D eigenvalue weighted by atomic mass is 10.1. The van der Waals surface area contributed by atoms with Gasteiger partial charge in [0, 0.05) is 32.1 Å². The van der Waals surface area contributed by atoms with E-state index in [9.17, 15) is 14.0 Å². The summed E-state index contributed by atoms with van der Waals surface area (Å²) in [7, 11) is 0. The summed E-state index contributed by atoms with van der Waals surface area (Å²) < 4.78 is 14.0. The van der Waals surface area contributed by atoms with Crippen LogP contribution in [0.2, 0.25) is 0 Å². The van der Waals surface area contributed by atoms with Gasteiger partial charge < -0.3 is 9.80 Å². The molecule has 0 aromatic heterocycles. The van der Waals surface area contributed by atoms with Crippen LogP contribution in [0.4, 0.5) is 4.39 Å². The molecule has 1 fully saturated rings. The summed E-state index contributed by atoms with van der Waals surface area (Å²) in [5.41, 5.74) is 1.12. The standard InChI is InChI=1S/C21H23FN2O2/c1-2-17-15-23(21(26)18-10-6-7-11-19(18)22)13-12-20(25)24(17)14-16-8-4-3-5-9-16/h3-11,17H,2,12-15H2,1H3/t17-/m1/s1. The summed E-state index contributed by atoms with van der Waals surface area (Å²) in [6.07, 6.45) is 0.989. The maximum atomic E-state index is 14.0. The van der Waals surface area contributed by atoms with E-state index < -0.39 is 5.82 Å². The number of halogens is 1. The lowest BCUT2D eigenvalue weighted by molar-refractivity contribution is -0.133. The Hall–Kier alpha value is -2.69. The van der Waals surface area contributed by atoms with Crippen molar-refractivity contribution in [3.8, 4) is 0 Å². The molecule has 0 radical (unpaired) electrons. The normalized spacial score (nSPS) is 17.9. The van der Waals surface area contributed by atoms with E-state index in [1.54, 1.807) is 17.0 Å². The van der Waals surface area contributed by atoms with E-state index in [1.165, 1.54) is 12.1 Å². The van der Waals surface area contributed by atoms with Gasteiger partial charge >= 0.3 is 0 Å². The Balaban J connectivity index is 1.80. The number of hydrogen-bond acceptors (Lipinski definition) is 2. The Bertz CT molecular complexity index is 779. The van der Waals surface area contributed by atoms with E-state index in [0.29, 0.717) is 19.6 Å². The van der Waals surface area contributed by atoms with Gasteiger partial charge in [-0.1, -0.05) is 49.4 Å². The molecule has 0 unspecified atom stereocenters. The van der Waals surface area contributed by atoms with Crippen molar-refractivity contribution >= 4 is 11.8 Å². The largest absolute Gasteiger partial charge is 0.336 e. The smallest absolute Gasteiger partial charge is 0.256 e. The van der Waals surface area contributed by atoms with Crippen LogP contribution in [0.1, 0.15) is 35.7 Å². The molecule has 1 aliphatic rings. The predicted octanol–water partition coefficient (Wildman–Crippen LogP) is 3.48. The van der Waals surface area contributed by atoms with Gasteiger partial charge in [0.25, 0.3) is 5.91 Å². The fourth-order valence-electron chi connectivity index (χ4n) is 3.36. The van der Waals surface area contributed by atoms with E-state index in [-0.39, 0.29) is 29.8 Å². The van der Waals surface area contributed by atoms with Gasteiger partial charge in [0.05, 0.1) is 5.56 Å². The quantitative estimate of drug-likeness (QED) is 0.843. The zero-order chi connectivity index (χ0) is 18.5. The van der Waals surface area contributed by atoms with Crippen molar-refractivity contribution in [3.05, 3.63) is 71.5 Å². The molecule has 26 heavy (non-hydrogen) atoms. The molecule has 2 aromatic rings. The summed E-state index contributed by atoms with van der Waals surface area (Å²) in [5.74, 6) is -0.845. The average molecular weight is 354 g/mol.